The maximum Gasteiger partial charge on any atom is 0.118 e. The molecule has 0 bridgehead atoms. The molecule has 0 aliphatic rings. The normalized spacial score (nSPS) is 10.6. The minimum absolute atomic E-state index is 0.607. The molecule has 6 heteroatoms. The molecule has 0 amide bonds. The summed E-state index contributed by atoms with van der Waals surface area (Å²) in [5, 5.41) is 12.3. The highest BCUT2D eigenvalue weighted by atomic mass is 35.5. The van der Waals surface area contributed by atoms with Crippen LogP contribution in [0, 0.1) is 11.3 Å². The summed E-state index contributed by atoms with van der Waals surface area (Å²) in [6, 6.07) is 30.1. The Labute approximate surface area is 207 Å². The number of methoxy groups -OCH3 is 1. The van der Waals surface area contributed by atoms with Crippen molar-refractivity contribution in [3.05, 3.63) is 101 Å². The lowest BCUT2D eigenvalue weighted by molar-refractivity contribution is 0.415. The van der Waals surface area contributed by atoms with Gasteiger partial charge in [0.25, 0.3) is 0 Å². The lowest BCUT2D eigenvalue weighted by atomic mass is 9.99. The van der Waals surface area contributed by atoms with Crippen molar-refractivity contribution >= 4 is 35.1 Å². The van der Waals surface area contributed by atoms with Crippen molar-refractivity contribution in [2.24, 2.45) is 0 Å². The van der Waals surface area contributed by atoms with E-state index in [1.54, 1.807) is 30.6 Å². The van der Waals surface area contributed by atoms with Crippen LogP contribution in [0.1, 0.15) is 11.1 Å². The Hall–Kier alpha value is -2.91. The first-order valence-corrected chi connectivity index (χ1v) is 12.8. The summed E-state index contributed by atoms with van der Waals surface area (Å²) in [5.41, 5.74) is 5.53. The SMILES string of the molecule is COc1ccc(-c2cc(-c3ccccc3)c(C#N)c(SCSCc3ccc(Cl)cc3)n2)cc1. The second-order valence-electron chi connectivity index (χ2n) is 7.18. The second kappa shape index (κ2) is 11.3. The second-order valence-corrected chi connectivity index (χ2v) is 9.93. The summed E-state index contributed by atoms with van der Waals surface area (Å²) < 4.78 is 5.29. The standard InChI is InChI=1S/C27H21ClN2OS2/c1-31-23-13-9-21(10-14-23)26-15-24(20-5-3-2-4-6-20)25(16-29)27(30-26)33-18-32-17-19-7-11-22(28)12-8-19/h2-15H,17-18H2,1H3. The maximum atomic E-state index is 10.0. The number of pyridine rings is 1. The fourth-order valence-corrected chi connectivity index (χ4v) is 5.46. The first kappa shape index (κ1) is 23.3. The molecule has 0 atom stereocenters. The quantitative estimate of drug-likeness (QED) is 0.143. The van der Waals surface area contributed by atoms with E-state index in [0.717, 1.165) is 49.0 Å². The zero-order valence-electron chi connectivity index (χ0n) is 18.0. The number of halogens is 1. The van der Waals surface area contributed by atoms with Gasteiger partial charge in [-0.05, 0) is 53.6 Å². The van der Waals surface area contributed by atoms with Gasteiger partial charge in [-0.15, -0.1) is 11.8 Å². The van der Waals surface area contributed by atoms with Gasteiger partial charge >= 0.3 is 0 Å². The molecule has 33 heavy (non-hydrogen) atoms. The Morgan fingerprint density at radius 1 is 0.939 bits per heavy atom. The molecule has 4 aromatic rings. The number of nitrogens with zero attached hydrogens (tertiary/aromatic N) is 2. The highest BCUT2D eigenvalue weighted by Gasteiger charge is 2.16. The molecule has 0 radical (unpaired) electrons. The molecule has 3 nitrogen and oxygen atoms in total. The molecular weight excluding hydrogens is 468 g/mol. The summed E-state index contributed by atoms with van der Waals surface area (Å²) in [4.78, 5) is 4.88. The van der Waals surface area contributed by atoms with E-state index in [2.05, 4.69) is 6.07 Å². The average molecular weight is 489 g/mol. The van der Waals surface area contributed by atoms with E-state index in [1.165, 1.54) is 5.56 Å². The summed E-state index contributed by atoms with van der Waals surface area (Å²) in [6.45, 7) is 0. The lowest BCUT2D eigenvalue weighted by Crippen LogP contribution is -1.96. The fraction of sp³-hybridized carbons (Fsp3) is 0.111. The van der Waals surface area contributed by atoms with Gasteiger partial charge in [0.1, 0.15) is 16.8 Å². The number of thioether (sulfide) groups is 2. The summed E-state index contributed by atoms with van der Waals surface area (Å²) in [5.74, 6) is 1.67. The minimum Gasteiger partial charge on any atom is -0.497 e. The Kier molecular flexibility index (Phi) is 7.96. The van der Waals surface area contributed by atoms with Gasteiger partial charge in [-0.2, -0.15) is 5.26 Å². The van der Waals surface area contributed by atoms with Crippen molar-refractivity contribution in [2.45, 2.75) is 10.8 Å². The van der Waals surface area contributed by atoms with Crippen LogP contribution < -0.4 is 4.74 Å². The van der Waals surface area contributed by atoms with Crippen LogP contribution in [0.25, 0.3) is 22.4 Å². The van der Waals surface area contributed by atoms with E-state index >= 15 is 0 Å². The molecule has 0 saturated carbocycles. The van der Waals surface area contributed by atoms with Crippen molar-refractivity contribution in [3.8, 4) is 34.2 Å². The van der Waals surface area contributed by atoms with E-state index in [1.807, 2.05) is 84.9 Å². The predicted octanol–water partition coefficient (Wildman–Crippen LogP) is 7.93. The van der Waals surface area contributed by atoms with Crippen LogP contribution in [0.2, 0.25) is 5.02 Å². The largest absolute Gasteiger partial charge is 0.497 e. The van der Waals surface area contributed by atoms with Gasteiger partial charge in [0.2, 0.25) is 0 Å². The third-order valence-electron chi connectivity index (χ3n) is 5.03. The zero-order valence-corrected chi connectivity index (χ0v) is 20.4. The van der Waals surface area contributed by atoms with E-state index in [9.17, 15) is 5.26 Å². The van der Waals surface area contributed by atoms with Gasteiger partial charge < -0.3 is 4.74 Å². The zero-order chi connectivity index (χ0) is 23.0. The van der Waals surface area contributed by atoms with Crippen LogP contribution >= 0.6 is 35.1 Å². The average Bonchev–Trinajstić information content (AvgIpc) is 2.87. The molecular formula is C27H21ClN2OS2. The van der Waals surface area contributed by atoms with Crippen LogP contribution in [0.5, 0.6) is 5.75 Å². The fourth-order valence-electron chi connectivity index (χ4n) is 3.33. The van der Waals surface area contributed by atoms with Gasteiger partial charge in [-0.3, -0.25) is 0 Å². The smallest absolute Gasteiger partial charge is 0.118 e. The third-order valence-corrected chi connectivity index (χ3v) is 7.53. The summed E-state index contributed by atoms with van der Waals surface area (Å²) in [7, 11) is 1.65. The number of hydrogen-bond acceptors (Lipinski definition) is 5. The van der Waals surface area contributed by atoms with E-state index < -0.39 is 0 Å². The Balaban J connectivity index is 1.63. The molecule has 0 aliphatic heterocycles. The number of nitriles is 1. The molecule has 4 rings (SSSR count). The van der Waals surface area contributed by atoms with Crippen molar-refractivity contribution in [3.63, 3.8) is 0 Å². The Bertz CT molecular complexity index is 1250. The van der Waals surface area contributed by atoms with Crippen LogP contribution in [-0.4, -0.2) is 17.2 Å². The van der Waals surface area contributed by atoms with Gasteiger partial charge in [0, 0.05) is 27.0 Å². The molecule has 164 valence electrons. The van der Waals surface area contributed by atoms with Crippen molar-refractivity contribution < 1.29 is 4.74 Å². The monoisotopic (exact) mass is 488 g/mol. The highest BCUT2D eigenvalue weighted by Crippen LogP contribution is 2.36. The van der Waals surface area contributed by atoms with E-state index in [-0.39, 0.29) is 0 Å². The Morgan fingerprint density at radius 3 is 2.33 bits per heavy atom. The molecule has 1 aromatic heterocycles. The van der Waals surface area contributed by atoms with Crippen LogP contribution in [0.3, 0.4) is 0 Å². The van der Waals surface area contributed by atoms with Crippen LogP contribution in [0.4, 0.5) is 0 Å². The topological polar surface area (TPSA) is 45.9 Å². The van der Waals surface area contributed by atoms with Gasteiger partial charge in [0.05, 0.1) is 18.4 Å². The van der Waals surface area contributed by atoms with Crippen molar-refractivity contribution in [1.82, 2.24) is 4.98 Å². The molecule has 0 spiro atoms. The molecule has 3 aromatic carbocycles. The molecule has 0 aliphatic carbocycles. The summed E-state index contributed by atoms with van der Waals surface area (Å²) in [6.07, 6.45) is 0. The third kappa shape index (κ3) is 5.91. The lowest BCUT2D eigenvalue weighted by Gasteiger charge is -2.13. The van der Waals surface area contributed by atoms with E-state index in [4.69, 9.17) is 21.3 Å². The maximum absolute atomic E-state index is 10.0. The number of ether oxygens (including phenoxy) is 1. The van der Waals surface area contributed by atoms with Crippen molar-refractivity contribution in [2.75, 3.05) is 12.2 Å². The van der Waals surface area contributed by atoms with Crippen LogP contribution in [0.15, 0.2) is 90.0 Å². The molecule has 1 heterocycles. The van der Waals surface area contributed by atoms with Crippen LogP contribution in [-0.2, 0) is 5.75 Å². The van der Waals surface area contributed by atoms with Crippen molar-refractivity contribution in [1.29, 1.82) is 5.26 Å². The first-order chi connectivity index (χ1) is 16.2. The highest BCUT2D eigenvalue weighted by molar-refractivity contribution is 8.15. The predicted molar refractivity (Wildman–Crippen MR) is 140 cm³/mol. The number of rotatable bonds is 8. The number of benzene rings is 3. The summed E-state index contributed by atoms with van der Waals surface area (Å²) >= 11 is 9.36. The molecule has 0 saturated heterocycles. The molecule has 0 N–H and O–H groups in total. The first-order valence-electron chi connectivity index (χ1n) is 10.3. The van der Waals surface area contributed by atoms with Gasteiger partial charge in [0.15, 0.2) is 0 Å². The van der Waals surface area contributed by atoms with E-state index in [0.29, 0.717) is 5.56 Å². The number of hydrogen-bond donors (Lipinski definition) is 0. The Morgan fingerprint density at radius 2 is 1.67 bits per heavy atom. The number of aromatic nitrogens is 1. The molecule has 0 fully saturated rings. The van der Waals surface area contributed by atoms with Gasteiger partial charge in [-0.1, -0.05) is 65.8 Å². The molecule has 0 unspecified atom stereocenters. The minimum atomic E-state index is 0.607. The van der Waals surface area contributed by atoms with Gasteiger partial charge in [-0.25, -0.2) is 4.98 Å².